The number of carbonyl (C=O) groups excluding carboxylic acids is 2. The Labute approximate surface area is 244 Å². The number of hydrogen-bond donors (Lipinski definition) is 0. The third-order valence-electron chi connectivity index (χ3n) is 7.78. The van der Waals surface area contributed by atoms with Crippen molar-refractivity contribution in [3.05, 3.63) is 68.0 Å². The Hall–Kier alpha value is -3.72. The smallest absolute Gasteiger partial charge is 0.441 e. The average Bonchev–Trinajstić information content (AvgIpc) is 3.68. The van der Waals surface area contributed by atoms with Gasteiger partial charge in [0, 0.05) is 35.4 Å². The minimum Gasteiger partial charge on any atom is -0.441 e. The lowest BCUT2D eigenvalue weighted by Crippen LogP contribution is -2.44. The van der Waals surface area contributed by atoms with Crippen molar-refractivity contribution in [1.29, 1.82) is 0 Å². The molecule has 1 aromatic carbocycles. The maximum absolute atomic E-state index is 12.9. The lowest BCUT2D eigenvalue weighted by Gasteiger charge is -2.31. The van der Waals surface area contributed by atoms with E-state index in [1.807, 2.05) is 12.1 Å². The van der Waals surface area contributed by atoms with Crippen LogP contribution in [0.4, 0.5) is 9.59 Å². The fourth-order valence-corrected chi connectivity index (χ4v) is 5.79. The lowest BCUT2D eigenvalue weighted by molar-refractivity contribution is -0.769. The van der Waals surface area contributed by atoms with Gasteiger partial charge in [0.05, 0.1) is 25.5 Å². The average molecular weight is 606 g/mol. The van der Waals surface area contributed by atoms with Crippen LogP contribution in [0.15, 0.2) is 30.5 Å². The van der Waals surface area contributed by atoms with Gasteiger partial charge in [-0.25, -0.2) is 9.59 Å². The number of hydrogen-bond acceptors (Lipinski definition) is 12. The molecular weight excluding hydrogens is 578 g/mol. The maximum atomic E-state index is 12.9. The molecule has 5 atom stereocenters. The molecule has 0 aliphatic carbocycles. The van der Waals surface area contributed by atoms with E-state index in [0.29, 0.717) is 29.1 Å². The molecule has 3 fully saturated rings. The first-order chi connectivity index (χ1) is 20.3. The Morgan fingerprint density at radius 1 is 1.05 bits per heavy atom. The Kier molecular flexibility index (Phi) is 8.03. The number of nitrogens with zero attached hydrogens (tertiary/aromatic N) is 3. The number of aromatic nitrogens is 1. The highest BCUT2D eigenvalue weighted by molar-refractivity contribution is 6.30. The number of ether oxygens (including phenoxy) is 6. The third-order valence-corrected chi connectivity index (χ3v) is 8.03. The fraction of sp³-hybridized carbons (Fsp3) is 0.519. The van der Waals surface area contributed by atoms with Crippen molar-refractivity contribution in [3.63, 3.8) is 0 Å². The number of benzene rings is 1. The molecule has 0 spiro atoms. The summed E-state index contributed by atoms with van der Waals surface area (Å²) in [7, 11) is 0. The van der Waals surface area contributed by atoms with Gasteiger partial charge in [-0.15, -0.1) is 10.1 Å². The number of aryl methyl sites for hydroxylation is 1. The number of amides is 1. The zero-order chi connectivity index (χ0) is 29.4. The van der Waals surface area contributed by atoms with Gasteiger partial charge in [-0.1, -0.05) is 23.7 Å². The van der Waals surface area contributed by atoms with E-state index >= 15 is 0 Å². The molecule has 5 unspecified atom stereocenters. The van der Waals surface area contributed by atoms with Crippen LogP contribution >= 0.6 is 11.6 Å². The van der Waals surface area contributed by atoms with Crippen molar-refractivity contribution >= 4 is 23.8 Å². The second-order valence-corrected chi connectivity index (χ2v) is 10.8. The van der Waals surface area contributed by atoms with Crippen LogP contribution in [0, 0.1) is 17.0 Å². The number of carbonyl (C=O) groups is 2. The van der Waals surface area contributed by atoms with E-state index in [1.165, 1.54) is 4.90 Å². The summed E-state index contributed by atoms with van der Waals surface area (Å²) >= 11 is 6.02. The van der Waals surface area contributed by atoms with Crippen LogP contribution in [0.5, 0.6) is 5.75 Å². The zero-order valence-corrected chi connectivity index (χ0v) is 23.3. The van der Waals surface area contributed by atoms with Gasteiger partial charge in [0.2, 0.25) is 0 Å². The van der Waals surface area contributed by atoms with Crippen molar-refractivity contribution in [2.45, 2.75) is 63.0 Å². The van der Waals surface area contributed by atoms with E-state index < -0.39 is 47.9 Å². The molecule has 6 rings (SSSR count). The molecule has 4 aliphatic rings. The highest BCUT2D eigenvalue weighted by Gasteiger charge is 2.52. The molecular formula is C27H28ClN3O11. The summed E-state index contributed by atoms with van der Waals surface area (Å²) in [6.07, 6.45) is -2.83. The maximum Gasteiger partial charge on any atom is 0.514 e. The van der Waals surface area contributed by atoms with E-state index in [2.05, 4.69) is 9.82 Å². The normalized spacial score (nSPS) is 26.8. The first-order valence-corrected chi connectivity index (χ1v) is 13.9. The van der Waals surface area contributed by atoms with Gasteiger partial charge < -0.3 is 38.2 Å². The summed E-state index contributed by atoms with van der Waals surface area (Å²) in [5.74, 6) is 0.274. The molecule has 5 heterocycles. The molecule has 42 heavy (non-hydrogen) atoms. The van der Waals surface area contributed by atoms with E-state index in [9.17, 15) is 19.7 Å². The van der Waals surface area contributed by atoms with Gasteiger partial charge in [-0.05, 0) is 37.5 Å². The summed E-state index contributed by atoms with van der Waals surface area (Å²) in [4.78, 5) is 46.5. The Morgan fingerprint density at radius 3 is 2.38 bits per heavy atom. The van der Waals surface area contributed by atoms with Crippen LogP contribution in [-0.2, 0) is 35.1 Å². The molecule has 3 saturated heterocycles. The van der Waals surface area contributed by atoms with E-state index in [4.69, 9.17) is 40.0 Å². The van der Waals surface area contributed by atoms with Crippen molar-refractivity contribution < 1.29 is 47.9 Å². The molecule has 0 saturated carbocycles. The van der Waals surface area contributed by atoms with Crippen LogP contribution in [-0.4, -0.2) is 84.0 Å². The van der Waals surface area contributed by atoms with Crippen LogP contribution in [0.2, 0.25) is 5.02 Å². The summed E-state index contributed by atoms with van der Waals surface area (Å²) in [5.41, 5.74) is 2.89. The molecule has 224 valence electrons. The highest BCUT2D eigenvalue weighted by atomic mass is 35.5. The van der Waals surface area contributed by atoms with Gasteiger partial charge >= 0.3 is 12.2 Å². The van der Waals surface area contributed by atoms with Gasteiger partial charge in [-0.3, -0.25) is 4.98 Å². The van der Waals surface area contributed by atoms with Gasteiger partial charge in [-0.2, -0.15) is 0 Å². The highest BCUT2D eigenvalue weighted by Crippen LogP contribution is 2.41. The molecule has 0 radical (unpaired) electrons. The van der Waals surface area contributed by atoms with Crippen LogP contribution in [0.25, 0.3) is 0 Å². The molecule has 0 N–H and O–H groups in total. The summed E-state index contributed by atoms with van der Waals surface area (Å²) in [6, 6.07) is 7.30. The largest absolute Gasteiger partial charge is 0.514 e. The minimum atomic E-state index is -0.943. The van der Waals surface area contributed by atoms with Gasteiger partial charge in [0.15, 0.2) is 18.0 Å². The topological polar surface area (TPSA) is 158 Å². The van der Waals surface area contributed by atoms with E-state index in [-0.39, 0.29) is 44.8 Å². The van der Waals surface area contributed by atoms with Crippen molar-refractivity contribution in [2.24, 2.45) is 0 Å². The molecule has 0 bridgehead atoms. The third kappa shape index (κ3) is 5.79. The first kappa shape index (κ1) is 28.4. The number of piperidine rings is 1. The number of fused-ring (bicyclic) bond motifs is 2. The quantitative estimate of drug-likeness (QED) is 0.268. The molecule has 15 heteroatoms. The standard InChI is InChI=1S/C27H28ClN3O11/c1-14-22(19-11-36-23(18(19)10-29-14)15-2-4-16(28)5-3-15)41-27(33)40-21-13-38-24-20(12-37-25(21)24)39-26(32)30-8-6-17(7-9-30)42-31(34)35/h2-5,10,17,20-21,23-25H,6-9,11-13H2,1H3. The number of halogens is 1. The van der Waals surface area contributed by atoms with E-state index in [1.54, 1.807) is 25.3 Å². The van der Waals surface area contributed by atoms with Crippen molar-refractivity contribution in [3.8, 4) is 5.75 Å². The summed E-state index contributed by atoms with van der Waals surface area (Å²) in [6.45, 7) is 2.58. The van der Waals surface area contributed by atoms with Crippen molar-refractivity contribution in [2.75, 3.05) is 26.3 Å². The zero-order valence-electron chi connectivity index (χ0n) is 22.5. The Morgan fingerprint density at radius 2 is 1.71 bits per heavy atom. The summed E-state index contributed by atoms with van der Waals surface area (Å²) in [5, 5.41) is 10.3. The number of likely N-dealkylation sites (tertiary alicyclic amines) is 1. The molecule has 1 amide bonds. The second-order valence-electron chi connectivity index (χ2n) is 10.4. The number of rotatable bonds is 6. The van der Waals surface area contributed by atoms with Crippen molar-refractivity contribution in [1.82, 2.24) is 9.88 Å². The lowest BCUT2D eigenvalue weighted by atomic mass is 10.0. The molecule has 14 nitrogen and oxygen atoms in total. The number of pyridine rings is 1. The molecule has 4 aliphatic heterocycles. The molecule has 2 aromatic rings. The van der Waals surface area contributed by atoms with Gasteiger partial charge in [0.25, 0.3) is 5.09 Å². The van der Waals surface area contributed by atoms with Crippen LogP contribution < -0.4 is 4.74 Å². The van der Waals surface area contributed by atoms with Crippen LogP contribution in [0.3, 0.4) is 0 Å². The second kappa shape index (κ2) is 11.9. The van der Waals surface area contributed by atoms with E-state index in [0.717, 1.165) is 11.1 Å². The SMILES string of the molecule is Cc1ncc2c(c1OC(=O)OC1COC3C(OC(=O)N4CCC(O[N+](=O)[O-])CC4)COC13)COC2c1ccc(Cl)cc1. The predicted octanol–water partition coefficient (Wildman–Crippen LogP) is 3.52. The first-order valence-electron chi connectivity index (χ1n) is 13.5. The Balaban J connectivity index is 1.03. The van der Waals surface area contributed by atoms with Crippen LogP contribution in [0.1, 0.15) is 41.3 Å². The summed E-state index contributed by atoms with van der Waals surface area (Å²) < 4.78 is 34.4. The van der Waals surface area contributed by atoms with Gasteiger partial charge in [0.1, 0.15) is 24.4 Å². The minimum absolute atomic E-state index is 0.0357. The monoisotopic (exact) mass is 605 g/mol. The molecule has 1 aromatic heterocycles. The fourth-order valence-electron chi connectivity index (χ4n) is 5.66. The predicted molar refractivity (Wildman–Crippen MR) is 140 cm³/mol. The Bertz CT molecular complexity index is 1350.